The summed E-state index contributed by atoms with van der Waals surface area (Å²) in [5, 5.41) is 3.21. The monoisotopic (exact) mass is 262 g/mol. The van der Waals surface area contributed by atoms with Gasteiger partial charge in [0.25, 0.3) is 0 Å². The molecule has 1 saturated carbocycles. The van der Waals surface area contributed by atoms with E-state index in [1.54, 1.807) is 0 Å². The maximum absolute atomic E-state index is 6.02. The Labute approximate surface area is 116 Å². The topological polar surface area (TPSA) is 34.1 Å². The minimum Gasteiger partial charge on any atom is -0.474 e. The molecular formula is C16H26N2O. The second-order valence-corrected chi connectivity index (χ2v) is 5.62. The molecule has 3 heteroatoms. The third kappa shape index (κ3) is 3.93. The molecule has 0 bridgehead atoms. The SMILES string of the molecule is CCC1CCCC(Oc2ccc(C(C)NC)cn2)C1. The predicted octanol–water partition coefficient (Wildman–Crippen LogP) is 3.71. The van der Waals surface area contributed by atoms with E-state index in [0.717, 1.165) is 11.8 Å². The Morgan fingerprint density at radius 3 is 2.89 bits per heavy atom. The molecule has 19 heavy (non-hydrogen) atoms. The van der Waals surface area contributed by atoms with Crippen molar-refractivity contribution in [3.05, 3.63) is 23.9 Å². The summed E-state index contributed by atoms with van der Waals surface area (Å²) in [6.07, 6.45) is 8.56. The van der Waals surface area contributed by atoms with Crippen LogP contribution >= 0.6 is 0 Å². The molecule has 1 fully saturated rings. The number of hydrogen-bond acceptors (Lipinski definition) is 3. The van der Waals surface area contributed by atoms with E-state index in [-0.39, 0.29) is 0 Å². The van der Waals surface area contributed by atoms with Crippen LogP contribution in [0, 0.1) is 5.92 Å². The molecule has 0 aliphatic heterocycles. The van der Waals surface area contributed by atoms with Gasteiger partial charge in [-0.05, 0) is 44.7 Å². The normalized spacial score (nSPS) is 25.0. The van der Waals surface area contributed by atoms with Gasteiger partial charge in [0.1, 0.15) is 6.10 Å². The van der Waals surface area contributed by atoms with Crippen LogP contribution in [0.3, 0.4) is 0 Å². The fourth-order valence-electron chi connectivity index (χ4n) is 2.77. The molecule has 3 atom stereocenters. The number of nitrogens with zero attached hydrogens (tertiary/aromatic N) is 1. The third-order valence-corrected chi connectivity index (χ3v) is 4.29. The van der Waals surface area contributed by atoms with Crippen molar-refractivity contribution < 1.29 is 4.74 Å². The van der Waals surface area contributed by atoms with Gasteiger partial charge >= 0.3 is 0 Å². The molecule has 1 aromatic rings. The lowest BCUT2D eigenvalue weighted by molar-refractivity contribution is 0.117. The number of nitrogens with one attached hydrogen (secondary N) is 1. The molecule has 1 aromatic heterocycles. The highest BCUT2D eigenvalue weighted by atomic mass is 16.5. The molecule has 3 nitrogen and oxygen atoms in total. The Hall–Kier alpha value is -1.09. The molecule has 0 radical (unpaired) electrons. The van der Waals surface area contributed by atoms with E-state index in [0.29, 0.717) is 12.1 Å². The van der Waals surface area contributed by atoms with Gasteiger partial charge in [-0.2, -0.15) is 0 Å². The van der Waals surface area contributed by atoms with E-state index in [1.807, 2.05) is 19.3 Å². The molecule has 106 valence electrons. The summed E-state index contributed by atoms with van der Waals surface area (Å²) < 4.78 is 6.02. The molecule has 1 heterocycles. The molecule has 0 aromatic carbocycles. The summed E-state index contributed by atoms with van der Waals surface area (Å²) in [5.74, 6) is 1.61. The summed E-state index contributed by atoms with van der Waals surface area (Å²) in [6.45, 7) is 4.41. The Morgan fingerprint density at radius 2 is 2.26 bits per heavy atom. The Bertz CT molecular complexity index is 377. The quantitative estimate of drug-likeness (QED) is 0.878. The van der Waals surface area contributed by atoms with Crippen molar-refractivity contribution in [3.63, 3.8) is 0 Å². The van der Waals surface area contributed by atoms with Crippen molar-refractivity contribution in [1.29, 1.82) is 0 Å². The smallest absolute Gasteiger partial charge is 0.213 e. The largest absolute Gasteiger partial charge is 0.474 e. The zero-order valence-corrected chi connectivity index (χ0v) is 12.4. The van der Waals surface area contributed by atoms with Crippen LogP contribution in [0.1, 0.15) is 57.6 Å². The van der Waals surface area contributed by atoms with E-state index in [4.69, 9.17) is 4.74 Å². The average Bonchev–Trinajstić information content (AvgIpc) is 2.47. The van der Waals surface area contributed by atoms with E-state index >= 15 is 0 Å². The van der Waals surface area contributed by atoms with Crippen LogP contribution < -0.4 is 10.1 Å². The molecule has 1 aliphatic rings. The van der Waals surface area contributed by atoms with E-state index < -0.39 is 0 Å². The van der Waals surface area contributed by atoms with Gasteiger partial charge in [-0.3, -0.25) is 0 Å². The van der Waals surface area contributed by atoms with Crippen LogP contribution in [0.5, 0.6) is 5.88 Å². The third-order valence-electron chi connectivity index (χ3n) is 4.29. The lowest BCUT2D eigenvalue weighted by Gasteiger charge is -2.28. The lowest BCUT2D eigenvalue weighted by atomic mass is 9.85. The van der Waals surface area contributed by atoms with Gasteiger partial charge in [-0.25, -0.2) is 4.98 Å². The zero-order chi connectivity index (χ0) is 13.7. The minimum atomic E-state index is 0.334. The first-order valence-corrected chi connectivity index (χ1v) is 7.52. The number of hydrogen-bond donors (Lipinski definition) is 1. The fourth-order valence-corrected chi connectivity index (χ4v) is 2.77. The average molecular weight is 262 g/mol. The van der Waals surface area contributed by atoms with Crippen molar-refractivity contribution in [2.45, 2.75) is 58.1 Å². The lowest BCUT2D eigenvalue weighted by Crippen LogP contribution is -2.25. The number of rotatable bonds is 5. The van der Waals surface area contributed by atoms with Gasteiger partial charge in [0, 0.05) is 18.3 Å². The Balaban J connectivity index is 1.92. The first-order valence-electron chi connectivity index (χ1n) is 7.52. The van der Waals surface area contributed by atoms with Crippen LogP contribution in [0.4, 0.5) is 0 Å². The van der Waals surface area contributed by atoms with Crippen molar-refractivity contribution in [2.24, 2.45) is 5.92 Å². The molecule has 0 saturated heterocycles. The van der Waals surface area contributed by atoms with Crippen LogP contribution in [0.25, 0.3) is 0 Å². The van der Waals surface area contributed by atoms with E-state index in [9.17, 15) is 0 Å². The first-order chi connectivity index (χ1) is 9.22. The van der Waals surface area contributed by atoms with Crippen molar-refractivity contribution in [1.82, 2.24) is 10.3 Å². The summed E-state index contributed by atoms with van der Waals surface area (Å²) >= 11 is 0. The number of ether oxygens (including phenoxy) is 1. The minimum absolute atomic E-state index is 0.334. The van der Waals surface area contributed by atoms with Crippen molar-refractivity contribution >= 4 is 0 Å². The highest BCUT2D eigenvalue weighted by molar-refractivity contribution is 5.20. The summed E-state index contributed by atoms with van der Waals surface area (Å²) in [4.78, 5) is 4.43. The van der Waals surface area contributed by atoms with Gasteiger partial charge in [0.2, 0.25) is 5.88 Å². The Morgan fingerprint density at radius 1 is 1.42 bits per heavy atom. The van der Waals surface area contributed by atoms with Gasteiger partial charge in [0.05, 0.1) is 0 Å². The molecular weight excluding hydrogens is 236 g/mol. The highest BCUT2D eigenvalue weighted by Gasteiger charge is 2.22. The molecule has 2 rings (SSSR count). The maximum Gasteiger partial charge on any atom is 0.213 e. The van der Waals surface area contributed by atoms with Gasteiger partial charge in [0.15, 0.2) is 0 Å². The molecule has 1 aliphatic carbocycles. The second-order valence-electron chi connectivity index (χ2n) is 5.62. The van der Waals surface area contributed by atoms with Gasteiger partial charge < -0.3 is 10.1 Å². The van der Waals surface area contributed by atoms with E-state index in [2.05, 4.69) is 30.2 Å². The summed E-state index contributed by atoms with van der Waals surface area (Å²) in [7, 11) is 1.96. The highest BCUT2D eigenvalue weighted by Crippen LogP contribution is 2.29. The standard InChI is InChI=1S/C16H26N2O/c1-4-13-6-5-7-15(10-13)19-16-9-8-14(11-18-16)12(2)17-3/h8-9,11-13,15,17H,4-7,10H2,1-3H3. The van der Waals surface area contributed by atoms with Gasteiger partial charge in [-0.15, -0.1) is 0 Å². The number of pyridine rings is 1. The molecule has 0 amide bonds. The van der Waals surface area contributed by atoms with Crippen molar-refractivity contribution in [3.8, 4) is 5.88 Å². The Kier molecular flexibility index (Phi) is 5.20. The van der Waals surface area contributed by atoms with Crippen LogP contribution in [0.2, 0.25) is 0 Å². The summed E-state index contributed by atoms with van der Waals surface area (Å²) in [6, 6.07) is 4.43. The van der Waals surface area contributed by atoms with Crippen molar-refractivity contribution in [2.75, 3.05) is 7.05 Å². The molecule has 3 unspecified atom stereocenters. The van der Waals surface area contributed by atoms with Crippen LogP contribution in [-0.4, -0.2) is 18.1 Å². The number of aromatic nitrogens is 1. The molecule has 0 spiro atoms. The first kappa shape index (κ1) is 14.3. The van der Waals surface area contributed by atoms with Crippen LogP contribution in [-0.2, 0) is 0 Å². The van der Waals surface area contributed by atoms with Crippen LogP contribution in [0.15, 0.2) is 18.3 Å². The second kappa shape index (κ2) is 6.90. The van der Waals surface area contributed by atoms with Gasteiger partial charge in [-0.1, -0.05) is 25.8 Å². The predicted molar refractivity (Wildman–Crippen MR) is 78.4 cm³/mol. The fraction of sp³-hybridized carbons (Fsp3) is 0.688. The van der Waals surface area contributed by atoms with E-state index in [1.165, 1.54) is 37.7 Å². The zero-order valence-electron chi connectivity index (χ0n) is 12.4. The maximum atomic E-state index is 6.02. The molecule has 1 N–H and O–H groups in total. The summed E-state index contributed by atoms with van der Waals surface area (Å²) in [5.41, 5.74) is 1.20.